The van der Waals surface area contributed by atoms with Gasteiger partial charge in [-0.05, 0) is 62.7 Å². The predicted molar refractivity (Wildman–Crippen MR) is 116 cm³/mol. The third kappa shape index (κ3) is 3.25. The van der Waals surface area contributed by atoms with Crippen LogP contribution in [0.25, 0.3) is 5.57 Å². The maximum atomic E-state index is 13.5. The number of carbonyl (C=O) groups is 2. The first-order chi connectivity index (χ1) is 15.0. The van der Waals surface area contributed by atoms with Crippen molar-refractivity contribution in [2.45, 2.75) is 76.5 Å². The number of pyridine rings is 1. The fraction of sp³-hybridized carbons (Fsp3) is 0.625. The largest absolute Gasteiger partial charge is 0.396 e. The highest BCUT2D eigenvalue weighted by Gasteiger charge is 2.57. The van der Waals surface area contributed by atoms with Gasteiger partial charge >= 0.3 is 0 Å². The van der Waals surface area contributed by atoms with Gasteiger partial charge in [0.05, 0.1) is 18.0 Å². The third-order valence-electron chi connectivity index (χ3n) is 7.80. The molecular weight excluding hydrogens is 394 g/mol. The molecule has 2 aliphatic carbocycles. The van der Waals surface area contributed by atoms with E-state index in [2.05, 4.69) is 11.4 Å². The number of hydrogen-bond acceptors (Lipinski definition) is 4. The zero-order valence-electron chi connectivity index (χ0n) is 18.0. The second-order valence-electron chi connectivity index (χ2n) is 9.51. The number of amides is 2. The molecule has 7 heteroatoms. The Balaban J connectivity index is 1.58. The summed E-state index contributed by atoms with van der Waals surface area (Å²) in [5.41, 5.74) is 2.50. The number of hydrogen-bond donors (Lipinski definition) is 2. The van der Waals surface area contributed by atoms with Crippen LogP contribution in [0.2, 0.25) is 0 Å². The second kappa shape index (κ2) is 7.93. The number of aliphatic hydroxyl groups is 1. The van der Waals surface area contributed by atoms with E-state index in [1.165, 1.54) is 6.92 Å². The zero-order valence-corrected chi connectivity index (χ0v) is 18.0. The molecule has 31 heavy (non-hydrogen) atoms. The van der Waals surface area contributed by atoms with Crippen molar-refractivity contribution in [2.24, 2.45) is 11.8 Å². The Morgan fingerprint density at radius 3 is 2.61 bits per heavy atom. The van der Waals surface area contributed by atoms with Gasteiger partial charge < -0.3 is 19.9 Å². The van der Waals surface area contributed by atoms with Gasteiger partial charge in [-0.3, -0.25) is 14.4 Å². The monoisotopic (exact) mass is 425 g/mol. The Bertz CT molecular complexity index is 993. The highest BCUT2D eigenvalue weighted by atomic mass is 16.3. The smallest absolute Gasteiger partial charge is 0.258 e. The summed E-state index contributed by atoms with van der Waals surface area (Å²) in [6, 6.07) is 3.10. The van der Waals surface area contributed by atoms with Crippen molar-refractivity contribution in [3.63, 3.8) is 0 Å². The number of rotatable bonds is 4. The van der Waals surface area contributed by atoms with E-state index in [0.29, 0.717) is 12.2 Å². The van der Waals surface area contributed by atoms with Gasteiger partial charge in [0.15, 0.2) is 0 Å². The summed E-state index contributed by atoms with van der Waals surface area (Å²) in [7, 11) is 0. The van der Waals surface area contributed by atoms with Gasteiger partial charge in [-0.2, -0.15) is 0 Å². The molecule has 1 aromatic rings. The van der Waals surface area contributed by atoms with Crippen molar-refractivity contribution >= 4 is 17.4 Å². The summed E-state index contributed by atoms with van der Waals surface area (Å²) < 4.78 is 1.76. The van der Waals surface area contributed by atoms with Gasteiger partial charge in [-0.25, -0.2) is 0 Å². The number of aliphatic hydroxyl groups excluding tert-OH is 1. The van der Waals surface area contributed by atoms with E-state index < -0.39 is 12.0 Å². The molecule has 2 aliphatic heterocycles. The van der Waals surface area contributed by atoms with E-state index in [4.69, 9.17) is 0 Å². The maximum Gasteiger partial charge on any atom is 0.258 e. The number of allylic oxidation sites excluding steroid dienone is 2. The topological polar surface area (TPSA) is 91.6 Å². The summed E-state index contributed by atoms with van der Waals surface area (Å²) >= 11 is 0. The predicted octanol–water partition coefficient (Wildman–Crippen LogP) is 1.98. The average molecular weight is 426 g/mol. The van der Waals surface area contributed by atoms with E-state index in [1.54, 1.807) is 9.47 Å². The lowest BCUT2D eigenvalue weighted by Crippen LogP contribution is -2.49. The molecular formula is C24H31N3O4. The molecule has 4 aliphatic rings. The van der Waals surface area contributed by atoms with Crippen LogP contribution in [0.5, 0.6) is 0 Å². The lowest BCUT2D eigenvalue weighted by molar-refractivity contribution is -0.134. The summed E-state index contributed by atoms with van der Waals surface area (Å²) in [4.78, 5) is 41.1. The third-order valence-corrected chi connectivity index (χ3v) is 7.80. The van der Waals surface area contributed by atoms with Gasteiger partial charge in [-0.1, -0.05) is 6.08 Å². The van der Waals surface area contributed by atoms with E-state index in [1.807, 2.05) is 12.1 Å². The van der Waals surface area contributed by atoms with Crippen LogP contribution in [0.15, 0.2) is 23.0 Å². The minimum absolute atomic E-state index is 0.0411. The Kier molecular flexibility index (Phi) is 5.24. The van der Waals surface area contributed by atoms with Crippen LogP contribution >= 0.6 is 0 Å². The Morgan fingerprint density at radius 1 is 1.19 bits per heavy atom. The molecule has 2 amide bonds. The fourth-order valence-electron chi connectivity index (χ4n) is 6.01. The van der Waals surface area contributed by atoms with Crippen molar-refractivity contribution in [3.05, 3.63) is 39.8 Å². The lowest BCUT2D eigenvalue weighted by atomic mass is 9.85. The van der Waals surface area contributed by atoms with E-state index in [9.17, 15) is 19.5 Å². The van der Waals surface area contributed by atoms with Crippen molar-refractivity contribution in [2.75, 3.05) is 6.61 Å². The Hall–Kier alpha value is -2.41. The molecule has 3 heterocycles. The molecule has 1 aromatic heterocycles. The van der Waals surface area contributed by atoms with Crippen molar-refractivity contribution < 1.29 is 14.7 Å². The van der Waals surface area contributed by atoms with Gasteiger partial charge in [0.25, 0.3) is 5.56 Å². The first-order valence-corrected chi connectivity index (χ1v) is 11.6. The number of nitrogens with one attached hydrogen (secondary N) is 1. The van der Waals surface area contributed by atoms with Crippen LogP contribution in [-0.4, -0.2) is 45.1 Å². The van der Waals surface area contributed by atoms with Gasteiger partial charge in [0.1, 0.15) is 0 Å². The first-order valence-electron chi connectivity index (χ1n) is 11.6. The van der Waals surface area contributed by atoms with Crippen molar-refractivity contribution in [1.82, 2.24) is 14.8 Å². The number of carbonyl (C=O) groups excluding carboxylic acids is 2. The zero-order chi connectivity index (χ0) is 21.7. The van der Waals surface area contributed by atoms with Crippen LogP contribution in [0.4, 0.5) is 0 Å². The van der Waals surface area contributed by atoms with Gasteiger partial charge in [-0.15, -0.1) is 0 Å². The minimum Gasteiger partial charge on any atom is -0.396 e. The van der Waals surface area contributed by atoms with E-state index >= 15 is 0 Å². The van der Waals surface area contributed by atoms with Crippen LogP contribution < -0.4 is 10.9 Å². The molecule has 2 bridgehead atoms. The van der Waals surface area contributed by atoms with Gasteiger partial charge in [0, 0.05) is 43.3 Å². The van der Waals surface area contributed by atoms with Crippen LogP contribution in [0.3, 0.4) is 0 Å². The normalized spacial score (nSPS) is 29.7. The number of aromatic nitrogens is 1. The fourth-order valence-corrected chi connectivity index (χ4v) is 6.01. The molecule has 1 saturated carbocycles. The van der Waals surface area contributed by atoms with Gasteiger partial charge in [0.2, 0.25) is 11.8 Å². The van der Waals surface area contributed by atoms with Crippen LogP contribution in [0.1, 0.15) is 69.2 Å². The van der Waals surface area contributed by atoms with Crippen LogP contribution in [0, 0.1) is 11.8 Å². The van der Waals surface area contributed by atoms with Crippen molar-refractivity contribution in [1.29, 1.82) is 0 Å². The molecule has 4 atom stereocenters. The highest BCUT2D eigenvalue weighted by Crippen LogP contribution is 2.48. The second-order valence-corrected chi connectivity index (χ2v) is 9.51. The summed E-state index contributed by atoms with van der Waals surface area (Å²) in [6.45, 7) is 1.65. The highest BCUT2D eigenvalue weighted by molar-refractivity contribution is 5.84. The maximum absolute atomic E-state index is 13.5. The van der Waals surface area contributed by atoms with Crippen molar-refractivity contribution in [3.8, 4) is 0 Å². The number of nitrogens with zero attached hydrogens (tertiary/aromatic N) is 2. The Morgan fingerprint density at radius 2 is 2.00 bits per heavy atom. The summed E-state index contributed by atoms with van der Waals surface area (Å²) in [5, 5.41) is 13.3. The molecule has 0 unspecified atom stereocenters. The van der Waals surface area contributed by atoms with E-state index in [0.717, 1.165) is 56.1 Å². The number of fused-ring (bicyclic) bond motifs is 4. The van der Waals surface area contributed by atoms with E-state index in [-0.39, 0.29) is 42.0 Å². The van der Waals surface area contributed by atoms with Crippen LogP contribution in [-0.2, 0) is 16.1 Å². The summed E-state index contributed by atoms with van der Waals surface area (Å²) in [6.07, 6.45) is 9.38. The molecule has 7 nitrogen and oxygen atoms in total. The quantitative estimate of drug-likeness (QED) is 0.772. The molecule has 2 fully saturated rings. The molecule has 0 radical (unpaired) electrons. The molecule has 166 valence electrons. The first kappa shape index (κ1) is 20.5. The molecule has 5 rings (SSSR count). The average Bonchev–Trinajstić information content (AvgIpc) is 2.99. The molecule has 0 aromatic carbocycles. The lowest BCUT2D eigenvalue weighted by Gasteiger charge is -2.38. The molecule has 0 spiro atoms. The molecule has 1 saturated heterocycles. The minimum atomic E-state index is -0.549. The summed E-state index contributed by atoms with van der Waals surface area (Å²) in [5.74, 6) is -1.16. The standard InChI is InChI=1S/C24H31N3O4/c1-14(29)27-20-12-26-19(11-10-17(24(26)31)15-6-3-2-4-7-15)22(27)21(18(20)13-28)23(30)25-16-8-5-9-16/h6,10-11,16,18,20-22,28H,2-5,7-9,12-13H2,1H3,(H,25,30)/t18-,20-,21+,22+/m1/s1. The Labute approximate surface area is 182 Å². The molecule has 2 N–H and O–H groups in total. The SMILES string of the molecule is CC(=O)N1[C@@H]2Cn3c(ccc(C4=CCCCC4)c3=O)[C@H]1[C@@H](C(=O)NC1CCC1)[C@@H]2CO.